The van der Waals surface area contributed by atoms with Crippen LogP contribution in [0.1, 0.15) is 32.8 Å². The molecular weight excluding hydrogens is 260 g/mol. The Balaban J connectivity index is 2.76. The first kappa shape index (κ1) is 15.8. The highest BCUT2D eigenvalue weighted by Crippen LogP contribution is 2.24. The normalized spacial score (nSPS) is 12.2. The molecule has 0 saturated heterocycles. The first-order chi connectivity index (χ1) is 9.06. The molecule has 0 aliphatic heterocycles. The van der Waals surface area contributed by atoms with Crippen molar-refractivity contribution >= 4 is 11.6 Å². The summed E-state index contributed by atoms with van der Waals surface area (Å²) in [7, 11) is 0. The summed E-state index contributed by atoms with van der Waals surface area (Å²) in [6, 6.07) is 7.64. The van der Waals surface area contributed by atoms with E-state index in [-0.39, 0.29) is 0 Å². The van der Waals surface area contributed by atoms with Gasteiger partial charge in [0.25, 0.3) is 0 Å². The van der Waals surface area contributed by atoms with Crippen molar-refractivity contribution in [3.8, 4) is 11.8 Å². The lowest BCUT2D eigenvalue weighted by Crippen LogP contribution is -2.20. The number of rotatable bonds is 7. The highest BCUT2D eigenvalue weighted by molar-refractivity contribution is 6.30. The Kier molecular flexibility index (Phi) is 6.69. The average molecular weight is 281 g/mol. The highest BCUT2D eigenvalue weighted by atomic mass is 35.5. The van der Waals surface area contributed by atoms with E-state index in [9.17, 15) is 0 Å². The zero-order valence-corrected chi connectivity index (χ0v) is 12.5. The number of nitriles is 1. The molecule has 1 atom stereocenters. The molecule has 0 aliphatic rings. The van der Waals surface area contributed by atoms with E-state index in [4.69, 9.17) is 21.6 Å². The minimum absolute atomic E-state index is 0.412. The maximum Gasteiger partial charge on any atom is 0.184 e. The van der Waals surface area contributed by atoms with Gasteiger partial charge in [0, 0.05) is 17.1 Å². The van der Waals surface area contributed by atoms with Gasteiger partial charge in [0.05, 0.1) is 0 Å². The molecule has 1 unspecified atom stereocenters. The molecule has 0 aliphatic carbocycles. The van der Waals surface area contributed by atoms with Crippen LogP contribution >= 0.6 is 11.6 Å². The van der Waals surface area contributed by atoms with E-state index in [2.05, 4.69) is 25.2 Å². The lowest BCUT2D eigenvalue weighted by Gasteiger charge is -2.16. The number of benzene rings is 1. The van der Waals surface area contributed by atoms with Crippen molar-refractivity contribution in [2.45, 2.75) is 39.8 Å². The molecule has 0 spiro atoms. The van der Waals surface area contributed by atoms with Crippen LogP contribution in [-0.2, 0) is 6.54 Å². The summed E-state index contributed by atoms with van der Waals surface area (Å²) in [6.45, 7) is 7.87. The number of nitrogens with zero attached hydrogens (tertiary/aromatic N) is 1. The van der Waals surface area contributed by atoms with E-state index in [1.54, 1.807) is 6.07 Å². The van der Waals surface area contributed by atoms with E-state index in [0.29, 0.717) is 23.9 Å². The van der Waals surface area contributed by atoms with Crippen molar-refractivity contribution in [1.29, 1.82) is 5.26 Å². The SMILES string of the molecule is CCC(C#N)Oc1ccc(Cl)cc1CNCC(C)C. The van der Waals surface area contributed by atoms with Gasteiger partial charge in [0.2, 0.25) is 0 Å². The smallest absolute Gasteiger partial charge is 0.184 e. The Hall–Kier alpha value is -1.24. The van der Waals surface area contributed by atoms with Gasteiger partial charge in [-0.25, -0.2) is 0 Å². The van der Waals surface area contributed by atoms with Gasteiger partial charge >= 0.3 is 0 Å². The van der Waals surface area contributed by atoms with Crippen LogP contribution < -0.4 is 10.1 Å². The Bertz CT molecular complexity index is 440. The minimum Gasteiger partial charge on any atom is -0.475 e. The van der Waals surface area contributed by atoms with Crippen LogP contribution in [0.5, 0.6) is 5.75 Å². The molecule has 0 amide bonds. The third kappa shape index (κ3) is 5.50. The number of nitrogens with one attached hydrogen (secondary N) is 1. The standard InChI is InChI=1S/C15H21ClN2O/c1-4-14(8-17)19-15-6-5-13(16)7-12(15)10-18-9-11(2)3/h5-7,11,14,18H,4,9-10H2,1-3H3. The van der Waals surface area contributed by atoms with Gasteiger partial charge in [-0.15, -0.1) is 0 Å². The maximum absolute atomic E-state index is 8.96. The highest BCUT2D eigenvalue weighted by Gasteiger charge is 2.10. The fraction of sp³-hybridized carbons (Fsp3) is 0.533. The average Bonchev–Trinajstić information content (AvgIpc) is 2.37. The zero-order chi connectivity index (χ0) is 14.3. The van der Waals surface area contributed by atoms with Crippen molar-refractivity contribution in [3.63, 3.8) is 0 Å². The molecule has 0 bridgehead atoms. The minimum atomic E-state index is -0.412. The summed E-state index contributed by atoms with van der Waals surface area (Å²) < 4.78 is 5.70. The molecule has 104 valence electrons. The molecule has 0 radical (unpaired) electrons. The molecule has 1 aromatic rings. The first-order valence-electron chi connectivity index (χ1n) is 6.62. The largest absolute Gasteiger partial charge is 0.475 e. The lowest BCUT2D eigenvalue weighted by molar-refractivity contribution is 0.249. The molecule has 19 heavy (non-hydrogen) atoms. The number of hydrogen-bond donors (Lipinski definition) is 1. The molecule has 3 nitrogen and oxygen atoms in total. The van der Waals surface area contributed by atoms with Gasteiger partial charge in [-0.2, -0.15) is 5.26 Å². The second kappa shape index (κ2) is 8.04. The molecular formula is C15H21ClN2O. The number of hydrogen-bond acceptors (Lipinski definition) is 3. The summed E-state index contributed by atoms with van der Waals surface area (Å²) in [5, 5.41) is 13.0. The molecule has 0 saturated carbocycles. The Morgan fingerprint density at radius 2 is 2.16 bits per heavy atom. The summed E-state index contributed by atoms with van der Waals surface area (Å²) in [5.74, 6) is 1.32. The predicted molar refractivity (Wildman–Crippen MR) is 78.3 cm³/mol. The second-order valence-electron chi connectivity index (χ2n) is 4.92. The van der Waals surface area contributed by atoms with Crippen LogP contribution in [0.4, 0.5) is 0 Å². The van der Waals surface area contributed by atoms with Gasteiger partial charge in [0.1, 0.15) is 11.8 Å². The fourth-order valence-electron chi connectivity index (χ4n) is 1.65. The van der Waals surface area contributed by atoms with Crippen molar-refractivity contribution in [2.75, 3.05) is 6.54 Å². The third-order valence-electron chi connectivity index (χ3n) is 2.67. The predicted octanol–water partition coefficient (Wildman–Crippen LogP) is 3.77. The Morgan fingerprint density at radius 3 is 2.74 bits per heavy atom. The monoisotopic (exact) mass is 280 g/mol. The van der Waals surface area contributed by atoms with Gasteiger partial charge in [-0.3, -0.25) is 0 Å². The summed E-state index contributed by atoms with van der Waals surface area (Å²) >= 11 is 6.01. The number of ether oxygens (including phenoxy) is 1. The van der Waals surface area contributed by atoms with Crippen LogP contribution in [0.3, 0.4) is 0 Å². The maximum atomic E-state index is 8.96. The van der Waals surface area contributed by atoms with E-state index in [1.807, 2.05) is 19.1 Å². The van der Waals surface area contributed by atoms with Crippen molar-refractivity contribution in [1.82, 2.24) is 5.32 Å². The van der Waals surface area contributed by atoms with Crippen LogP contribution in [0, 0.1) is 17.2 Å². The summed E-state index contributed by atoms with van der Waals surface area (Å²) in [5.41, 5.74) is 0.988. The van der Waals surface area contributed by atoms with E-state index < -0.39 is 6.10 Å². The van der Waals surface area contributed by atoms with E-state index >= 15 is 0 Å². The van der Waals surface area contributed by atoms with Crippen molar-refractivity contribution < 1.29 is 4.74 Å². The van der Waals surface area contributed by atoms with Crippen molar-refractivity contribution in [3.05, 3.63) is 28.8 Å². The number of halogens is 1. The van der Waals surface area contributed by atoms with Gasteiger partial charge in [-0.1, -0.05) is 32.4 Å². The molecule has 0 fully saturated rings. The summed E-state index contributed by atoms with van der Waals surface area (Å²) in [6.07, 6.45) is 0.253. The Labute approximate surface area is 120 Å². The van der Waals surface area contributed by atoms with Crippen LogP contribution in [0.2, 0.25) is 5.02 Å². The quantitative estimate of drug-likeness (QED) is 0.827. The zero-order valence-electron chi connectivity index (χ0n) is 11.7. The molecule has 4 heteroatoms. The molecule has 1 aromatic carbocycles. The van der Waals surface area contributed by atoms with E-state index in [0.717, 1.165) is 17.9 Å². The molecule has 0 heterocycles. The topological polar surface area (TPSA) is 45.0 Å². The van der Waals surface area contributed by atoms with Gasteiger partial charge in [-0.05, 0) is 37.1 Å². The van der Waals surface area contributed by atoms with Crippen LogP contribution in [0.15, 0.2) is 18.2 Å². The molecule has 1 rings (SSSR count). The van der Waals surface area contributed by atoms with Gasteiger partial charge < -0.3 is 10.1 Å². The van der Waals surface area contributed by atoms with Crippen molar-refractivity contribution in [2.24, 2.45) is 5.92 Å². The fourth-order valence-corrected chi connectivity index (χ4v) is 1.85. The van der Waals surface area contributed by atoms with E-state index in [1.165, 1.54) is 0 Å². The first-order valence-corrected chi connectivity index (χ1v) is 7.00. The third-order valence-corrected chi connectivity index (χ3v) is 2.91. The second-order valence-corrected chi connectivity index (χ2v) is 5.36. The lowest BCUT2D eigenvalue weighted by atomic mass is 10.1. The Morgan fingerprint density at radius 1 is 1.42 bits per heavy atom. The molecule has 0 aromatic heterocycles. The molecule has 1 N–H and O–H groups in total. The summed E-state index contributed by atoms with van der Waals surface area (Å²) in [4.78, 5) is 0. The van der Waals surface area contributed by atoms with Gasteiger partial charge in [0.15, 0.2) is 6.10 Å². The van der Waals surface area contributed by atoms with Crippen LogP contribution in [-0.4, -0.2) is 12.6 Å². The van der Waals surface area contributed by atoms with Crippen LogP contribution in [0.25, 0.3) is 0 Å².